The number of nitrogens with zero attached hydrogens (tertiary/aromatic N) is 1. The predicted octanol–water partition coefficient (Wildman–Crippen LogP) is 5.96. The Morgan fingerprint density at radius 3 is 2.65 bits per heavy atom. The molecule has 1 aromatic carbocycles. The molecule has 1 aromatic heterocycles. The Morgan fingerprint density at radius 1 is 1.09 bits per heavy atom. The van der Waals surface area contributed by atoms with Crippen LogP contribution in [-0.4, -0.2) is 22.8 Å². The molecule has 7 heteroatoms. The Morgan fingerprint density at radius 2 is 1.91 bits per heavy atom. The molecule has 2 aromatic rings. The van der Waals surface area contributed by atoms with Crippen LogP contribution in [0.25, 0.3) is 17.2 Å². The number of pyridine rings is 1. The molecule has 2 saturated carbocycles. The molecule has 0 spiro atoms. The summed E-state index contributed by atoms with van der Waals surface area (Å²) in [6, 6.07) is 8.71. The zero-order valence-electron chi connectivity index (χ0n) is 18.8. The second-order valence-corrected chi connectivity index (χ2v) is 9.68. The number of allylic oxidation sites excluding steroid dienone is 1. The van der Waals surface area contributed by atoms with Crippen LogP contribution in [0.5, 0.6) is 0 Å². The molecule has 6 atom stereocenters. The van der Waals surface area contributed by atoms with Gasteiger partial charge in [-0.05, 0) is 67.9 Å². The summed E-state index contributed by atoms with van der Waals surface area (Å²) in [4.78, 5) is 29.5. The maximum atomic E-state index is 13.0. The SMILES string of the molecule is C[C@H]1OC(=O)[C@@H]2C[C@@H]3C(=O)CCC[C@H]3[C@H](/C=C/c3ccc(-c4cccc(C(F)(F)F)c4)cn3)[C@H]12. The molecule has 3 aliphatic rings. The van der Waals surface area contributed by atoms with Gasteiger partial charge in [-0.2, -0.15) is 13.2 Å². The number of esters is 1. The molecular formula is C27H26F3NO3. The van der Waals surface area contributed by atoms with E-state index in [9.17, 15) is 22.8 Å². The van der Waals surface area contributed by atoms with Crippen molar-refractivity contribution in [2.75, 3.05) is 0 Å². The van der Waals surface area contributed by atoms with Crippen LogP contribution in [0.4, 0.5) is 13.2 Å². The van der Waals surface area contributed by atoms with Crippen molar-refractivity contribution in [1.82, 2.24) is 4.98 Å². The Hall–Kier alpha value is -2.96. The number of ketones is 1. The smallest absolute Gasteiger partial charge is 0.416 e. The van der Waals surface area contributed by atoms with Gasteiger partial charge in [0.15, 0.2) is 0 Å². The normalized spacial score (nSPS) is 31.3. The van der Waals surface area contributed by atoms with Crippen molar-refractivity contribution in [2.45, 2.75) is 44.9 Å². The number of fused-ring (bicyclic) bond motifs is 2. The minimum absolute atomic E-state index is 0.0411. The van der Waals surface area contributed by atoms with Gasteiger partial charge in [0.1, 0.15) is 11.9 Å². The molecule has 0 bridgehead atoms. The van der Waals surface area contributed by atoms with Crippen molar-refractivity contribution in [3.8, 4) is 11.1 Å². The zero-order chi connectivity index (χ0) is 24.0. The van der Waals surface area contributed by atoms with Crippen molar-refractivity contribution < 1.29 is 27.5 Å². The first kappa shape index (κ1) is 22.8. The summed E-state index contributed by atoms with van der Waals surface area (Å²) in [5.41, 5.74) is 1.03. The van der Waals surface area contributed by atoms with E-state index in [4.69, 9.17) is 4.74 Å². The largest absolute Gasteiger partial charge is 0.462 e. The van der Waals surface area contributed by atoms with Crippen LogP contribution in [0.3, 0.4) is 0 Å². The number of carbonyl (C=O) groups is 2. The Balaban J connectivity index is 1.39. The molecule has 0 radical (unpaired) electrons. The highest BCUT2D eigenvalue weighted by molar-refractivity contribution is 5.84. The first-order valence-electron chi connectivity index (χ1n) is 11.8. The van der Waals surface area contributed by atoms with Crippen LogP contribution < -0.4 is 0 Å². The average Bonchev–Trinajstić information content (AvgIpc) is 3.10. The molecule has 0 amide bonds. The molecular weight excluding hydrogens is 443 g/mol. The summed E-state index contributed by atoms with van der Waals surface area (Å²) in [6.07, 6.45) is 3.94. The third-order valence-electron chi connectivity index (χ3n) is 7.75. The third-order valence-corrected chi connectivity index (χ3v) is 7.75. The number of carbonyl (C=O) groups excluding carboxylic acids is 2. The van der Waals surface area contributed by atoms with Crippen LogP contribution in [0.15, 0.2) is 48.7 Å². The maximum Gasteiger partial charge on any atom is 0.416 e. The van der Waals surface area contributed by atoms with E-state index >= 15 is 0 Å². The lowest BCUT2D eigenvalue weighted by Crippen LogP contribution is -2.45. The van der Waals surface area contributed by atoms with Crippen molar-refractivity contribution in [3.05, 3.63) is 59.9 Å². The van der Waals surface area contributed by atoms with Gasteiger partial charge >= 0.3 is 12.1 Å². The zero-order valence-corrected chi connectivity index (χ0v) is 18.8. The maximum absolute atomic E-state index is 13.0. The number of hydrogen-bond donors (Lipinski definition) is 0. The molecule has 4 nitrogen and oxygen atoms in total. The topological polar surface area (TPSA) is 56.3 Å². The highest BCUT2D eigenvalue weighted by atomic mass is 19.4. The fraction of sp³-hybridized carbons (Fsp3) is 0.444. The third kappa shape index (κ3) is 4.17. The van der Waals surface area contributed by atoms with E-state index in [0.29, 0.717) is 29.7 Å². The first-order valence-corrected chi connectivity index (χ1v) is 11.8. The summed E-state index contributed by atoms with van der Waals surface area (Å²) < 4.78 is 44.7. The molecule has 178 valence electrons. The molecule has 2 heterocycles. The van der Waals surface area contributed by atoms with Crippen molar-refractivity contribution >= 4 is 17.8 Å². The van der Waals surface area contributed by atoms with E-state index in [-0.39, 0.29) is 47.4 Å². The number of Topliss-reactive ketones (excluding diaryl/α,β-unsaturated/α-hetero) is 1. The van der Waals surface area contributed by atoms with Gasteiger partial charge < -0.3 is 4.74 Å². The summed E-state index contributed by atoms with van der Waals surface area (Å²) in [5, 5.41) is 0. The van der Waals surface area contributed by atoms with E-state index in [1.165, 1.54) is 6.07 Å². The molecule has 1 saturated heterocycles. The monoisotopic (exact) mass is 469 g/mol. The lowest BCUT2D eigenvalue weighted by atomic mass is 9.57. The van der Waals surface area contributed by atoms with Crippen LogP contribution in [0.1, 0.15) is 43.9 Å². The number of aromatic nitrogens is 1. The molecule has 2 aliphatic carbocycles. The molecule has 0 N–H and O–H groups in total. The number of alkyl halides is 3. The lowest BCUT2D eigenvalue weighted by Gasteiger charge is -2.44. The minimum Gasteiger partial charge on any atom is -0.462 e. The summed E-state index contributed by atoms with van der Waals surface area (Å²) in [6.45, 7) is 1.93. The standard InChI is InChI=1S/C27H26F3NO3/c1-15-25-21(20-6-3-7-24(32)22(20)13-23(25)26(33)34-15)11-10-19-9-8-17(14-31-19)16-4-2-5-18(12-16)27(28,29)30/h2,4-5,8-12,14-15,20-23,25H,3,6-7,13H2,1H3/b11-10+/t15-,20+,21+,22+,23-,25+/m1/s1. The summed E-state index contributed by atoms with van der Waals surface area (Å²) in [7, 11) is 0. The number of halogens is 3. The van der Waals surface area contributed by atoms with Gasteiger partial charge in [-0.15, -0.1) is 0 Å². The second kappa shape index (κ2) is 8.67. The molecule has 0 unspecified atom stereocenters. The summed E-state index contributed by atoms with van der Waals surface area (Å²) >= 11 is 0. The number of cyclic esters (lactones) is 1. The second-order valence-electron chi connectivity index (χ2n) is 9.68. The number of rotatable bonds is 3. The van der Waals surface area contributed by atoms with Gasteiger partial charge in [-0.25, -0.2) is 0 Å². The molecule has 3 fully saturated rings. The van der Waals surface area contributed by atoms with Gasteiger partial charge in [0, 0.05) is 30.0 Å². The van der Waals surface area contributed by atoms with Crippen molar-refractivity contribution in [1.29, 1.82) is 0 Å². The molecule has 5 rings (SSSR count). The molecule has 34 heavy (non-hydrogen) atoms. The van der Waals surface area contributed by atoms with Gasteiger partial charge in [0.25, 0.3) is 0 Å². The fourth-order valence-corrected chi connectivity index (χ4v) is 6.16. The number of benzene rings is 1. The Bertz CT molecular complexity index is 1120. The Labute approximate surface area is 196 Å². The van der Waals surface area contributed by atoms with Crippen LogP contribution in [0, 0.1) is 29.6 Å². The number of hydrogen-bond acceptors (Lipinski definition) is 4. The highest BCUT2D eigenvalue weighted by Gasteiger charge is 2.55. The van der Waals surface area contributed by atoms with E-state index < -0.39 is 11.7 Å². The fourth-order valence-electron chi connectivity index (χ4n) is 6.16. The van der Waals surface area contributed by atoms with E-state index in [0.717, 1.165) is 25.0 Å². The predicted molar refractivity (Wildman–Crippen MR) is 120 cm³/mol. The van der Waals surface area contributed by atoms with E-state index in [1.807, 2.05) is 13.0 Å². The van der Waals surface area contributed by atoms with Crippen LogP contribution in [-0.2, 0) is 20.5 Å². The van der Waals surface area contributed by atoms with Crippen molar-refractivity contribution in [2.24, 2.45) is 29.6 Å². The van der Waals surface area contributed by atoms with Crippen LogP contribution in [0.2, 0.25) is 0 Å². The van der Waals surface area contributed by atoms with Crippen LogP contribution >= 0.6 is 0 Å². The van der Waals surface area contributed by atoms with E-state index in [2.05, 4.69) is 11.1 Å². The molecule has 1 aliphatic heterocycles. The van der Waals surface area contributed by atoms with Crippen molar-refractivity contribution in [3.63, 3.8) is 0 Å². The lowest BCUT2D eigenvalue weighted by molar-refractivity contribution is -0.145. The first-order chi connectivity index (χ1) is 16.2. The Kier molecular flexibility index (Phi) is 5.82. The van der Waals surface area contributed by atoms with Gasteiger partial charge in [-0.3, -0.25) is 14.6 Å². The van der Waals surface area contributed by atoms with Gasteiger partial charge in [-0.1, -0.05) is 24.3 Å². The average molecular weight is 470 g/mol. The quantitative estimate of drug-likeness (QED) is 0.520. The van der Waals surface area contributed by atoms with Gasteiger partial charge in [0.05, 0.1) is 17.2 Å². The van der Waals surface area contributed by atoms with E-state index in [1.54, 1.807) is 24.4 Å². The minimum atomic E-state index is -4.40. The summed E-state index contributed by atoms with van der Waals surface area (Å²) in [5.74, 6) is -0.0111. The number of ether oxygens (including phenoxy) is 1. The van der Waals surface area contributed by atoms with Gasteiger partial charge in [0.2, 0.25) is 0 Å². The highest BCUT2D eigenvalue weighted by Crippen LogP contribution is 2.52.